The first-order valence-corrected chi connectivity index (χ1v) is 8.43. The fraction of sp³-hybridized carbons (Fsp3) is 0.278. The SMILES string of the molecule is Cc1cccc([C@H]2CCCN2C(=O)Nc2ccc(Br)cc2F)c1. The van der Waals surface area contributed by atoms with Gasteiger partial charge in [-0.2, -0.15) is 0 Å². The molecule has 0 saturated carbocycles. The first-order valence-electron chi connectivity index (χ1n) is 7.64. The second-order valence-corrected chi connectivity index (χ2v) is 6.74. The Balaban J connectivity index is 1.78. The smallest absolute Gasteiger partial charge is 0.317 e. The van der Waals surface area contributed by atoms with Gasteiger partial charge in [0.15, 0.2) is 0 Å². The van der Waals surface area contributed by atoms with Crippen LogP contribution in [0.15, 0.2) is 46.9 Å². The third kappa shape index (κ3) is 3.55. The summed E-state index contributed by atoms with van der Waals surface area (Å²) < 4.78 is 14.6. The number of anilines is 1. The second kappa shape index (κ2) is 6.71. The molecule has 1 aliphatic heterocycles. The van der Waals surface area contributed by atoms with Gasteiger partial charge >= 0.3 is 6.03 Å². The summed E-state index contributed by atoms with van der Waals surface area (Å²) in [6.45, 7) is 2.72. The molecule has 1 N–H and O–H groups in total. The Morgan fingerprint density at radius 2 is 2.13 bits per heavy atom. The Hall–Kier alpha value is -1.88. The van der Waals surface area contributed by atoms with Gasteiger partial charge in [0.05, 0.1) is 11.7 Å². The quantitative estimate of drug-likeness (QED) is 0.760. The monoisotopic (exact) mass is 376 g/mol. The number of benzene rings is 2. The largest absolute Gasteiger partial charge is 0.322 e. The Labute approximate surface area is 143 Å². The summed E-state index contributed by atoms with van der Waals surface area (Å²) in [5, 5.41) is 2.68. The van der Waals surface area contributed by atoms with Crippen LogP contribution in [0.1, 0.15) is 30.0 Å². The first-order chi connectivity index (χ1) is 11.0. The molecule has 1 fully saturated rings. The predicted molar refractivity (Wildman–Crippen MR) is 93.0 cm³/mol. The number of urea groups is 1. The van der Waals surface area contributed by atoms with E-state index in [1.54, 1.807) is 17.0 Å². The molecule has 120 valence electrons. The van der Waals surface area contributed by atoms with Crippen LogP contribution < -0.4 is 5.32 Å². The molecule has 1 atom stereocenters. The van der Waals surface area contributed by atoms with Crippen LogP contribution in [0.5, 0.6) is 0 Å². The van der Waals surface area contributed by atoms with Crippen molar-refractivity contribution in [1.82, 2.24) is 4.90 Å². The number of halogens is 2. The molecule has 1 saturated heterocycles. The maximum atomic E-state index is 13.9. The number of aryl methyl sites for hydroxylation is 1. The van der Waals surface area contributed by atoms with E-state index >= 15 is 0 Å². The molecule has 2 aromatic rings. The average Bonchev–Trinajstić information content (AvgIpc) is 2.99. The third-order valence-corrected chi connectivity index (χ3v) is 4.61. The summed E-state index contributed by atoms with van der Waals surface area (Å²) in [5.41, 5.74) is 2.51. The van der Waals surface area contributed by atoms with E-state index in [1.807, 2.05) is 25.1 Å². The van der Waals surface area contributed by atoms with Crippen LogP contribution in [-0.2, 0) is 0 Å². The van der Waals surface area contributed by atoms with Crippen molar-refractivity contribution >= 4 is 27.6 Å². The molecule has 1 heterocycles. The first kappa shape index (κ1) is 16.0. The lowest BCUT2D eigenvalue weighted by Gasteiger charge is -2.25. The number of carbonyl (C=O) groups excluding carboxylic acids is 1. The third-order valence-electron chi connectivity index (χ3n) is 4.11. The molecular formula is C18H18BrFN2O. The van der Waals surface area contributed by atoms with Crippen molar-refractivity contribution in [1.29, 1.82) is 0 Å². The van der Waals surface area contributed by atoms with E-state index in [2.05, 4.69) is 27.3 Å². The van der Waals surface area contributed by atoms with Crippen LogP contribution in [0.25, 0.3) is 0 Å². The van der Waals surface area contributed by atoms with Gasteiger partial charge < -0.3 is 10.2 Å². The molecule has 1 aliphatic rings. The zero-order valence-corrected chi connectivity index (χ0v) is 14.4. The fourth-order valence-corrected chi connectivity index (χ4v) is 3.34. The molecule has 0 radical (unpaired) electrons. The van der Waals surface area contributed by atoms with Gasteiger partial charge in [-0.1, -0.05) is 45.8 Å². The number of amides is 2. The van der Waals surface area contributed by atoms with Crippen molar-refractivity contribution in [2.75, 3.05) is 11.9 Å². The van der Waals surface area contributed by atoms with Gasteiger partial charge in [-0.05, 0) is 43.5 Å². The lowest BCUT2D eigenvalue weighted by molar-refractivity contribution is 0.207. The van der Waals surface area contributed by atoms with E-state index in [0.29, 0.717) is 11.0 Å². The van der Waals surface area contributed by atoms with E-state index in [0.717, 1.165) is 18.4 Å². The van der Waals surface area contributed by atoms with E-state index < -0.39 is 5.82 Å². The highest BCUT2D eigenvalue weighted by Gasteiger charge is 2.30. The Kier molecular flexibility index (Phi) is 4.66. The Morgan fingerprint density at radius 1 is 1.30 bits per heavy atom. The lowest BCUT2D eigenvalue weighted by atomic mass is 10.0. The number of rotatable bonds is 2. The number of carbonyl (C=O) groups is 1. The zero-order valence-electron chi connectivity index (χ0n) is 12.9. The van der Waals surface area contributed by atoms with Crippen molar-refractivity contribution in [3.05, 3.63) is 63.9 Å². The van der Waals surface area contributed by atoms with Gasteiger partial charge in [0, 0.05) is 11.0 Å². The summed E-state index contributed by atoms with van der Waals surface area (Å²) >= 11 is 3.21. The van der Waals surface area contributed by atoms with E-state index in [4.69, 9.17) is 0 Å². The molecule has 0 aliphatic carbocycles. The van der Waals surface area contributed by atoms with Crippen LogP contribution in [-0.4, -0.2) is 17.5 Å². The molecule has 5 heteroatoms. The zero-order chi connectivity index (χ0) is 16.4. The molecule has 23 heavy (non-hydrogen) atoms. The number of hydrogen-bond donors (Lipinski definition) is 1. The summed E-state index contributed by atoms with van der Waals surface area (Å²) in [7, 11) is 0. The van der Waals surface area contributed by atoms with Gasteiger partial charge in [0.25, 0.3) is 0 Å². The van der Waals surface area contributed by atoms with Gasteiger partial charge in [-0.25, -0.2) is 9.18 Å². The summed E-state index contributed by atoms with van der Waals surface area (Å²) in [4.78, 5) is 14.3. The van der Waals surface area contributed by atoms with E-state index in [-0.39, 0.29) is 17.8 Å². The minimum absolute atomic E-state index is 0.0495. The molecule has 2 amide bonds. The van der Waals surface area contributed by atoms with Crippen LogP contribution in [0.2, 0.25) is 0 Å². The minimum Gasteiger partial charge on any atom is -0.317 e. The molecule has 0 spiro atoms. The van der Waals surface area contributed by atoms with Crippen LogP contribution in [0, 0.1) is 12.7 Å². The highest BCUT2D eigenvalue weighted by molar-refractivity contribution is 9.10. The molecule has 3 nitrogen and oxygen atoms in total. The Bertz CT molecular complexity index is 735. The summed E-state index contributed by atoms with van der Waals surface area (Å²) in [6, 6.07) is 12.6. The molecule has 0 unspecified atom stereocenters. The van der Waals surface area contributed by atoms with Crippen LogP contribution in [0.4, 0.5) is 14.9 Å². The maximum absolute atomic E-state index is 13.9. The highest BCUT2D eigenvalue weighted by Crippen LogP contribution is 2.33. The van der Waals surface area contributed by atoms with Crippen molar-refractivity contribution in [3.63, 3.8) is 0 Å². The van der Waals surface area contributed by atoms with Crippen LogP contribution in [0.3, 0.4) is 0 Å². The summed E-state index contributed by atoms with van der Waals surface area (Å²) in [5.74, 6) is -0.445. The minimum atomic E-state index is -0.445. The average molecular weight is 377 g/mol. The number of hydrogen-bond acceptors (Lipinski definition) is 1. The Morgan fingerprint density at radius 3 is 2.87 bits per heavy atom. The van der Waals surface area contributed by atoms with Crippen LogP contribution >= 0.6 is 15.9 Å². The lowest BCUT2D eigenvalue weighted by Crippen LogP contribution is -2.34. The second-order valence-electron chi connectivity index (χ2n) is 5.82. The van der Waals surface area contributed by atoms with Gasteiger partial charge in [0.2, 0.25) is 0 Å². The predicted octanol–water partition coefficient (Wildman–Crippen LogP) is 5.27. The van der Waals surface area contributed by atoms with Gasteiger partial charge in [0.1, 0.15) is 5.82 Å². The molecule has 0 aromatic heterocycles. The topological polar surface area (TPSA) is 32.3 Å². The standard InChI is InChI=1S/C18H18BrFN2O/c1-12-4-2-5-13(10-12)17-6-3-9-22(17)18(23)21-16-8-7-14(19)11-15(16)20/h2,4-5,7-8,10-11,17H,3,6,9H2,1H3,(H,21,23)/t17-/m1/s1. The fourth-order valence-electron chi connectivity index (χ4n) is 3.01. The molecule has 2 aromatic carbocycles. The van der Waals surface area contributed by atoms with E-state index in [1.165, 1.54) is 11.6 Å². The summed E-state index contributed by atoms with van der Waals surface area (Å²) in [6.07, 6.45) is 1.88. The van der Waals surface area contributed by atoms with E-state index in [9.17, 15) is 9.18 Å². The molecular weight excluding hydrogens is 359 g/mol. The number of nitrogens with one attached hydrogen (secondary N) is 1. The van der Waals surface area contributed by atoms with Crippen molar-refractivity contribution in [2.24, 2.45) is 0 Å². The molecule has 3 rings (SSSR count). The van der Waals surface area contributed by atoms with Crippen molar-refractivity contribution < 1.29 is 9.18 Å². The molecule has 0 bridgehead atoms. The van der Waals surface area contributed by atoms with Gasteiger partial charge in [-0.3, -0.25) is 0 Å². The normalized spacial score (nSPS) is 17.3. The van der Waals surface area contributed by atoms with Gasteiger partial charge in [-0.15, -0.1) is 0 Å². The highest BCUT2D eigenvalue weighted by atomic mass is 79.9. The number of likely N-dealkylation sites (tertiary alicyclic amines) is 1. The van der Waals surface area contributed by atoms with Crippen molar-refractivity contribution in [2.45, 2.75) is 25.8 Å². The van der Waals surface area contributed by atoms with Crippen molar-refractivity contribution in [3.8, 4) is 0 Å². The maximum Gasteiger partial charge on any atom is 0.322 e. The number of nitrogens with zero attached hydrogens (tertiary/aromatic N) is 1.